The minimum absolute atomic E-state index is 0.0578. The Morgan fingerprint density at radius 1 is 1.50 bits per heavy atom. The number of amides is 1. The van der Waals surface area contributed by atoms with Gasteiger partial charge in [-0.3, -0.25) is 9.59 Å². The number of rotatable bonds is 6. The number of carbonyl (C=O) groups excluding carboxylic acids is 2. The van der Waals surface area contributed by atoms with E-state index in [1.807, 2.05) is 0 Å². The van der Waals surface area contributed by atoms with Crippen molar-refractivity contribution >= 4 is 27.8 Å². The van der Waals surface area contributed by atoms with Crippen molar-refractivity contribution in [3.05, 3.63) is 0 Å². The summed E-state index contributed by atoms with van der Waals surface area (Å²) in [5, 5.41) is 2.70. The fraction of sp³-hybridized carbons (Fsp3) is 0.833. The molecule has 1 aliphatic rings. The minimum atomic E-state index is -0.489. The van der Waals surface area contributed by atoms with E-state index in [9.17, 15) is 9.59 Å². The van der Waals surface area contributed by atoms with Crippen molar-refractivity contribution < 1.29 is 19.1 Å². The molecule has 5 nitrogen and oxygen atoms in total. The molecule has 1 fully saturated rings. The molecule has 0 aromatic carbocycles. The van der Waals surface area contributed by atoms with Crippen molar-refractivity contribution in [3.8, 4) is 0 Å². The Bertz CT molecular complexity index is 279. The third kappa shape index (κ3) is 5.82. The lowest BCUT2D eigenvalue weighted by atomic mass is 10.0. The SMILES string of the molecule is COC(=O)C(Br)CNC(=O)CCC1CCCCO1. The predicted molar refractivity (Wildman–Crippen MR) is 70.6 cm³/mol. The number of carbonyl (C=O) groups is 2. The van der Waals surface area contributed by atoms with Crippen LogP contribution in [0, 0.1) is 0 Å². The zero-order valence-electron chi connectivity index (χ0n) is 10.6. The molecule has 1 amide bonds. The number of nitrogens with one attached hydrogen (secondary N) is 1. The van der Waals surface area contributed by atoms with Crippen LogP contribution in [0.1, 0.15) is 32.1 Å². The lowest BCUT2D eigenvalue weighted by Gasteiger charge is -2.22. The molecule has 2 unspecified atom stereocenters. The maximum absolute atomic E-state index is 11.6. The van der Waals surface area contributed by atoms with Crippen molar-refractivity contribution in [3.63, 3.8) is 0 Å². The highest BCUT2D eigenvalue weighted by Crippen LogP contribution is 2.16. The fourth-order valence-corrected chi connectivity index (χ4v) is 2.18. The summed E-state index contributed by atoms with van der Waals surface area (Å²) < 4.78 is 10.1. The van der Waals surface area contributed by atoms with E-state index >= 15 is 0 Å². The Morgan fingerprint density at radius 3 is 2.89 bits per heavy atom. The van der Waals surface area contributed by atoms with E-state index in [2.05, 4.69) is 26.0 Å². The molecule has 0 saturated carbocycles. The average Bonchev–Trinajstić information content (AvgIpc) is 2.42. The predicted octanol–water partition coefficient (Wildman–Crippen LogP) is 1.39. The molecule has 0 aromatic rings. The van der Waals surface area contributed by atoms with Crippen molar-refractivity contribution in [2.75, 3.05) is 20.3 Å². The maximum Gasteiger partial charge on any atom is 0.321 e. The number of ether oxygens (including phenoxy) is 2. The van der Waals surface area contributed by atoms with Gasteiger partial charge in [-0.15, -0.1) is 0 Å². The Morgan fingerprint density at radius 2 is 2.28 bits per heavy atom. The third-order valence-electron chi connectivity index (χ3n) is 2.90. The molecule has 2 atom stereocenters. The molecule has 6 heteroatoms. The Labute approximate surface area is 116 Å². The van der Waals surface area contributed by atoms with Crippen LogP contribution in [-0.4, -0.2) is 43.1 Å². The van der Waals surface area contributed by atoms with E-state index in [1.165, 1.54) is 13.5 Å². The molecule has 1 heterocycles. The first-order valence-electron chi connectivity index (χ1n) is 6.23. The van der Waals surface area contributed by atoms with Crippen LogP contribution in [-0.2, 0) is 19.1 Å². The number of alkyl halides is 1. The van der Waals surface area contributed by atoms with Gasteiger partial charge in [0, 0.05) is 19.6 Å². The van der Waals surface area contributed by atoms with Crippen LogP contribution in [0.25, 0.3) is 0 Å². The average molecular weight is 322 g/mol. The van der Waals surface area contributed by atoms with Gasteiger partial charge >= 0.3 is 5.97 Å². The van der Waals surface area contributed by atoms with Crippen LogP contribution in [0.4, 0.5) is 0 Å². The van der Waals surface area contributed by atoms with Crippen LogP contribution in [0.5, 0.6) is 0 Å². The van der Waals surface area contributed by atoms with E-state index in [1.54, 1.807) is 0 Å². The van der Waals surface area contributed by atoms with Crippen molar-refractivity contribution in [1.29, 1.82) is 0 Å². The van der Waals surface area contributed by atoms with Gasteiger partial charge in [0.25, 0.3) is 0 Å². The molecule has 1 rings (SSSR count). The van der Waals surface area contributed by atoms with Gasteiger partial charge in [0.05, 0.1) is 13.2 Å². The lowest BCUT2D eigenvalue weighted by molar-refractivity contribution is -0.139. The van der Waals surface area contributed by atoms with E-state index in [0.717, 1.165) is 25.9 Å². The highest BCUT2D eigenvalue weighted by Gasteiger charge is 2.18. The second-order valence-electron chi connectivity index (χ2n) is 4.32. The van der Waals surface area contributed by atoms with Crippen LogP contribution < -0.4 is 5.32 Å². The van der Waals surface area contributed by atoms with Crippen molar-refractivity contribution in [2.45, 2.75) is 43.0 Å². The van der Waals surface area contributed by atoms with E-state index in [-0.39, 0.29) is 24.5 Å². The van der Waals surface area contributed by atoms with Crippen LogP contribution in [0.2, 0.25) is 0 Å². The minimum Gasteiger partial charge on any atom is -0.468 e. The lowest BCUT2D eigenvalue weighted by Crippen LogP contribution is -2.34. The number of esters is 1. The van der Waals surface area contributed by atoms with Gasteiger partial charge in [-0.1, -0.05) is 15.9 Å². The normalized spacial score (nSPS) is 21.1. The fourth-order valence-electron chi connectivity index (χ4n) is 1.83. The number of methoxy groups -OCH3 is 1. The van der Waals surface area contributed by atoms with Gasteiger partial charge in [0.1, 0.15) is 4.83 Å². The Balaban J connectivity index is 2.11. The summed E-state index contributed by atoms with van der Waals surface area (Å²) in [6, 6.07) is 0. The molecule has 1 N–H and O–H groups in total. The summed E-state index contributed by atoms with van der Waals surface area (Å²) in [5.74, 6) is -0.441. The van der Waals surface area contributed by atoms with Gasteiger partial charge in [-0.25, -0.2) is 0 Å². The zero-order chi connectivity index (χ0) is 13.4. The van der Waals surface area contributed by atoms with E-state index in [0.29, 0.717) is 6.42 Å². The van der Waals surface area contributed by atoms with Crippen LogP contribution in [0.3, 0.4) is 0 Å². The van der Waals surface area contributed by atoms with Gasteiger partial charge < -0.3 is 14.8 Å². The molecule has 1 saturated heterocycles. The number of halogens is 1. The van der Waals surface area contributed by atoms with Gasteiger partial charge in [-0.2, -0.15) is 0 Å². The summed E-state index contributed by atoms with van der Waals surface area (Å²) in [4.78, 5) is 22.2. The van der Waals surface area contributed by atoms with Crippen molar-refractivity contribution in [1.82, 2.24) is 5.32 Å². The molecule has 18 heavy (non-hydrogen) atoms. The summed E-state index contributed by atoms with van der Waals surface area (Å²) in [6.45, 7) is 1.05. The molecule has 0 radical (unpaired) electrons. The second-order valence-corrected chi connectivity index (χ2v) is 5.43. The standard InChI is InChI=1S/C12H20BrNO4/c1-17-12(16)10(13)8-14-11(15)6-5-9-4-2-3-7-18-9/h9-10H,2-8H2,1H3,(H,14,15). The zero-order valence-corrected chi connectivity index (χ0v) is 12.2. The summed E-state index contributed by atoms with van der Waals surface area (Å²) in [7, 11) is 1.32. The molecule has 0 aromatic heterocycles. The van der Waals surface area contributed by atoms with E-state index in [4.69, 9.17) is 4.74 Å². The molecule has 104 valence electrons. The third-order valence-corrected chi connectivity index (χ3v) is 3.60. The first-order chi connectivity index (χ1) is 8.63. The van der Waals surface area contributed by atoms with Gasteiger partial charge in [-0.05, 0) is 25.7 Å². The highest BCUT2D eigenvalue weighted by molar-refractivity contribution is 9.10. The first kappa shape index (κ1) is 15.4. The first-order valence-corrected chi connectivity index (χ1v) is 7.15. The summed E-state index contributed by atoms with van der Waals surface area (Å²) >= 11 is 3.15. The summed E-state index contributed by atoms with van der Waals surface area (Å²) in [5.41, 5.74) is 0. The molecular formula is C12H20BrNO4. The molecule has 0 spiro atoms. The molecule has 0 bridgehead atoms. The van der Waals surface area contributed by atoms with E-state index < -0.39 is 4.83 Å². The molecule has 0 aliphatic carbocycles. The number of hydrogen-bond acceptors (Lipinski definition) is 4. The quantitative estimate of drug-likeness (QED) is 0.593. The Kier molecular flexibility index (Phi) is 7.27. The highest BCUT2D eigenvalue weighted by atomic mass is 79.9. The van der Waals surface area contributed by atoms with Crippen LogP contribution in [0.15, 0.2) is 0 Å². The maximum atomic E-state index is 11.6. The van der Waals surface area contributed by atoms with Crippen LogP contribution >= 0.6 is 15.9 Å². The van der Waals surface area contributed by atoms with Gasteiger partial charge in [0.15, 0.2) is 0 Å². The summed E-state index contributed by atoms with van der Waals surface area (Å²) in [6.07, 6.45) is 4.73. The largest absolute Gasteiger partial charge is 0.468 e. The second kappa shape index (κ2) is 8.48. The molecule has 1 aliphatic heterocycles. The van der Waals surface area contributed by atoms with Crippen molar-refractivity contribution in [2.24, 2.45) is 0 Å². The topological polar surface area (TPSA) is 64.6 Å². The Hall–Kier alpha value is -0.620. The monoisotopic (exact) mass is 321 g/mol. The molecular weight excluding hydrogens is 302 g/mol. The smallest absolute Gasteiger partial charge is 0.321 e. The number of hydrogen-bond donors (Lipinski definition) is 1. The van der Waals surface area contributed by atoms with Gasteiger partial charge in [0.2, 0.25) is 5.91 Å².